The number of likely N-dealkylation sites (tertiary alicyclic amines) is 1. The van der Waals surface area contributed by atoms with Gasteiger partial charge in [-0.1, -0.05) is 0 Å². The lowest BCUT2D eigenvalue weighted by molar-refractivity contribution is -0.137. The summed E-state index contributed by atoms with van der Waals surface area (Å²) < 4.78 is 1.34. The Balaban J connectivity index is 1.92. The number of aromatic nitrogens is 2. The number of carbonyl (C=O) groups excluding carboxylic acids is 3. The SMILES string of the molecule is CN1CCC(C(=O)Nc2ccn(CC(N)=O)n2)CC1=O. The molecule has 0 saturated carbocycles. The maximum Gasteiger partial charge on any atom is 0.239 e. The van der Waals surface area contributed by atoms with Crippen LogP contribution in [0.25, 0.3) is 0 Å². The highest BCUT2D eigenvalue weighted by Gasteiger charge is 2.28. The Labute approximate surface area is 115 Å². The second-order valence-electron chi connectivity index (χ2n) is 4.86. The number of primary amides is 1. The Morgan fingerprint density at radius 1 is 1.55 bits per heavy atom. The molecule has 1 saturated heterocycles. The fourth-order valence-electron chi connectivity index (χ4n) is 2.07. The molecule has 2 heterocycles. The molecule has 20 heavy (non-hydrogen) atoms. The average molecular weight is 279 g/mol. The molecule has 1 unspecified atom stereocenters. The summed E-state index contributed by atoms with van der Waals surface area (Å²) in [7, 11) is 1.72. The maximum atomic E-state index is 12.0. The number of hydrogen-bond acceptors (Lipinski definition) is 4. The lowest BCUT2D eigenvalue weighted by atomic mass is 9.96. The molecule has 1 fully saturated rings. The van der Waals surface area contributed by atoms with E-state index in [0.717, 1.165) is 0 Å². The van der Waals surface area contributed by atoms with Gasteiger partial charge in [0.05, 0.1) is 0 Å². The molecule has 2 rings (SSSR count). The van der Waals surface area contributed by atoms with E-state index >= 15 is 0 Å². The fourth-order valence-corrected chi connectivity index (χ4v) is 2.07. The quantitative estimate of drug-likeness (QED) is 0.749. The van der Waals surface area contributed by atoms with E-state index in [9.17, 15) is 14.4 Å². The molecular weight excluding hydrogens is 262 g/mol. The first kappa shape index (κ1) is 14.0. The summed E-state index contributed by atoms with van der Waals surface area (Å²) in [5, 5.41) is 6.65. The monoisotopic (exact) mass is 279 g/mol. The molecule has 0 aliphatic carbocycles. The van der Waals surface area contributed by atoms with Gasteiger partial charge in [0.2, 0.25) is 17.7 Å². The van der Waals surface area contributed by atoms with Gasteiger partial charge in [-0.3, -0.25) is 19.1 Å². The molecule has 8 nitrogen and oxygen atoms in total. The van der Waals surface area contributed by atoms with Crippen LogP contribution in [0, 0.1) is 5.92 Å². The number of piperidine rings is 1. The normalized spacial score (nSPS) is 18.9. The molecule has 8 heteroatoms. The van der Waals surface area contributed by atoms with Gasteiger partial charge in [-0.15, -0.1) is 0 Å². The zero-order valence-corrected chi connectivity index (χ0v) is 11.2. The number of nitrogens with two attached hydrogens (primary N) is 1. The minimum Gasteiger partial charge on any atom is -0.368 e. The van der Waals surface area contributed by atoms with Crippen LogP contribution < -0.4 is 11.1 Å². The van der Waals surface area contributed by atoms with Crippen molar-refractivity contribution in [2.24, 2.45) is 11.7 Å². The Morgan fingerprint density at radius 2 is 2.30 bits per heavy atom. The van der Waals surface area contributed by atoms with Gasteiger partial charge in [-0.05, 0) is 6.42 Å². The van der Waals surface area contributed by atoms with Gasteiger partial charge in [0.1, 0.15) is 6.54 Å². The summed E-state index contributed by atoms with van der Waals surface area (Å²) in [6.07, 6.45) is 2.40. The van der Waals surface area contributed by atoms with Crippen LogP contribution >= 0.6 is 0 Å². The Morgan fingerprint density at radius 3 is 2.95 bits per heavy atom. The summed E-state index contributed by atoms with van der Waals surface area (Å²) in [5.74, 6) is -0.749. The first-order valence-corrected chi connectivity index (χ1v) is 6.32. The van der Waals surface area contributed by atoms with E-state index in [1.807, 2.05) is 0 Å². The molecule has 0 bridgehead atoms. The Hall–Kier alpha value is -2.38. The molecule has 108 valence electrons. The second kappa shape index (κ2) is 5.72. The maximum absolute atomic E-state index is 12.0. The van der Waals surface area contributed by atoms with E-state index in [4.69, 9.17) is 5.73 Å². The first-order chi connectivity index (χ1) is 9.45. The van der Waals surface area contributed by atoms with Crippen molar-refractivity contribution in [3.05, 3.63) is 12.3 Å². The summed E-state index contributed by atoms with van der Waals surface area (Å²) in [6, 6.07) is 1.58. The summed E-state index contributed by atoms with van der Waals surface area (Å²) in [5.41, 5.74) is 5.05. The molecule has 3 amide bonds. The minimum absolute atomic E-state index is 0.0318. The number of carbonyl (C=O) groups is 3. The van der Waals surface area contributed by atoms with Crippen LogP contribution in [0.2, 0.25) is 0 Å². The van der Waals surface area contributed by atoms with E-state index in [1.54, 1.807) is 24.2 Å². The van der Waals surface area contributed by atoms with E-state index in [-0.39, 0.29) is 30.7 Å². The molecule has 0 spiro atoms. The van der Waals surface area contributed by atoms with E-state index in [1.165, 1.54) is 4.68 Å². The smallest absolute Gasteiger partial charge is 0.239 e. The van der Waals surface area contributed by atoms with Crippen molar-refractivity contribution in [1.82, 2.24) is 14.7 Å². The molecule has 1 aromatic heterocycles. The van der Waals surface area contributed by atoms with Crippen LogP contribution in [0.3, 0.4) is 0 Å². The molecule has 1 aliphatic rings. The number of nitrogens with one attached hydrogen (secondary N) is 1. The highest BCUT2D eigenvalue weighted by Crippen LogP contribution is 2.18. The predicted molar refractivity (Wildman–Crippen MR) is 70.4 cm³/mol. The van der Waals surface area contributed by atoms with Gasteiger partial charge < -0.3 is 16.0 Å². The van der Waals surface area contributed by atoms with Crippen molar-refractivity contribution in [1.29, 1.82) is 0 Å². The third-order valence-corrected chi connectivity index (χ3v) is 3.24. The van der Waals surface area contributed by atoms with Gasteiger partial charge in [0.15, 0.2) is 5.82 Å². The van der Waals surface area contributed by atoms with Crippen molar-refractivity contribution in [3.8, 4) is 0 Å². The average Bonchev–Trinajstić information content (AvgIpc) is 2.79. The van der Waals surface area contributed by atoms with Crippen LogP contribution in [0.5, 0.6) is 0 Å². The van der Waals surface area contributed by atoms with Crippen LogP contribution in [0.15, 0.2) is 12.3 Å². The van der Waals surface area contributed by atoms with Crippen LogP contribution in [-0.4, -0.2) is 46.0 Å². The van der Waals surface area contributed by atoms with E-state index < -0.39 is 5.91 Å². The lowest BCUT2D eigenvalue weighted by Gasteiger charge is -2.27. The van der Waals surface area contributed by atoms with Crippen LogP contribution in [0.1, 0.15) is 12.8 Å². The number of nitrogens with zero attached hydrogens (tertiary/aromatic N) is 3. The van der Waals surface area contributed by atoms with E-state index in [0.29, 0.717) is 18.8 Å². The second-order valence-corrected chi connectivity index (χ2v) is 4.86. The lowest BCUT2D eigenvalue weighted by Crippen LogP contribution is -2.39. The highest BCUT2D eigenvalue weighted by molar-refractivity contribution is 5.95. The fraction of sp³-hybridized carbons (Fsp3) is 0.500. The molecule has 0 radical (unpaired) electrons. The van der Waals surface area contributed by atoms with Gasteiger partial charge in [0, 0.05) is 38.2 Å². The number of amides is 3. The third-order valence-electron chi connectivity index (χ3n) is 3.24. The van der Waals surface area contributed by atoms with Gasteiger partial charge >= 0.3 is 0 Å². The Kier molecular flexibility index (Phi) is 4.02. The van der Waals surface area contributed by atoms with Gasteiger partial charge in [-0.25, -0.2) is 0 Å². The number of anilines is 1. The van der Waals surface area contributed by atoms with Crippen molar-refractivity contribution in [2.75, 3.05) is 18.9 Å². The molecule has 1 atom stereocenters. The first-order valence-electron chi connectivity index (χ1n) is 6.32. The van der Waals surface area contributed by atoms with E-state index in [2.05, 4.69) is 10.4 Å². The van der Waals surface area contributed by atoms with Gasteiger partial charge in [0.25, 0.3) is 0 Å². The molecule has 1 aliphatic heterocycles. The van der Waals surface area contributed by atoms with Crippen molar-refractivity contribution >= 4 is 23.5 Å². The summed E-state index contributed by atoms with van der Waals surface area (Å²) in [4.78, 5) is 36.0. The minimum atomic E-state index is -0.508. The van der Waals surface area contributed by atoms with Crippen LogP contribution in [-0.2, 0) is 20.9 Å². The summed E-state index contributed by atoms with van der Waals surface area (Å²) >= 11 is 0. The number of hydrogen-bond donors (Lipinski definition) is 2. The predicted octanol–water partition coefficient (Wildman–Crippen LogP) is -0.825. The highest BCUT2D eigenvalue weighted by atomic mass is 16.2. The third kappa shape index (κ3) is 3.34. The molecular formula is C12H17N5O3. The zero-order chi connectivity index (χ0) is 14.7. The topological polar surface area (TPSA) is 110 Å². The van der Waals surface area contributed by atoms with Crippen molar-refractivity contribution in [3.63, 3.8) is 0 Å². The van der Waals surface area contributed by atoms with Gasteiger partial charge in [-0.2, -0.15) is 5.10 Å². The van der Waals surface area contributed by atoms with Crippen molar-refractivity contribution in [2.45, 2.75) is 19.4 Å². The molecule has 0 aromatic carbocycles. The summed E-state index contributed by atoms with van der Waals surface area (Å²) in [6.45, 7) is 0.537. The zero-order valence-electron chi connectivity index (χ0n) is 11.2. The van der Waals surface area contributed by atoms with Crippen molar-refractivity contribution < 1.29 is 14.4 Å². The largest absolute Gasteiger partial charge is 0.368 e. The van der Waals surface area contributed by atoms with Crippen LogP contribution in [0.4, 0.5) is 5.82 Å². The Bertz CT molecular complexity index is 539. The number of rotatable bonds is 4. The standard InChI is InChI=1S/C12H17N5O3/c1-16-4-2-8(6-11(16)19)12(20)14-10-3-5-17(15-10)7-9(13)18/h3,5,8H,2,4,6-7H2,1H3,(H2,13,18)(H,14,15,20). The molecule has 1 aromatic rings. The molecule has 3 N–H and O–H groups in total.